The molecule has 4 atom stereocenters. The summed E-state index contributed by atoms with van der Waals surface area (Å²) < 4.78 is 12.7. The molecule has 2 unspecified atom stereocenters. The summed E-state index contributed by atoms with van der Waals surface area (Å²) in [6.45, 7) is 20.8. The van der Waals surface area contributed by atoms with Crippen LogP contribution in [0.4, 0.5) is 0 Å². The van der Waals surface area contributed by atoms with E-state index in [1.54, 1.807) is 0 Å². The van der Waals surface area contributed by atoms with Gasteiger partial charge in [0.25, 0.3) is 0 Å². The molecule has 1 saturated heterocycles. The van der Waals surface area contributed by atoms with Crippen molar-refractivity contribution in [1.29, 1.82) is 0 Å². The first-order chi connectivity index (χ1) is 9.80. The first kappa shape index (κ1) is 18.3. The van der Waals surface area contributed by atoms with Crippen LogP contribution >= 0.6 is 0 Å². The van der Waals surface area contributed by atoms with E-state index in [-0.39, 0.29) is 17.1 Å². The Bertz CT molecular complexity index is 410. The first-order valence-electron chi connectivity index (χ1n) is 9.18. The molecule has 0 aromatic carbocycles. The minimum Gasteiger partial charge on any atom is -0.345 e. The van der Waals surface area contributed by atoms with Crippen molar-refractivity contribution in [1.82, 2.24) is 0 Å². The molecule has 0 radical (unpaired) electrons. The lowest BCUT2D eigenvalue weighted by Gasteiger charge is -2.51. The van der Waals surface area contributed by atoms with Crippen molar-refractivity contribution in [2.45, 2.75) is 105 Å². The molecule has 0 aromatic heterocycles. The molecule has 1 aliphatic carbocycles. The Hall–Kier alpha value is -0.0800. The lowest BCUT2D eigenvalue weighted by Crippen LogP contribution is -2.52. The molecule has 2 aliphatic rings. The zero-order valence-corrected chi connectivity index (χ0v) is 16.4. The Morgan fingerprint density at radius 2 is 1.45 bits per heavy atom. The molecule has 0 N–H and O–H groups in total. The van der Waals surface area contributed by atoms with E-state index in [1.807, 2.05) is 0 Å². The van der Waals surface area contributed by atoms with Gasteiger partial charge in [0.05, 0.1) is 11.7 Å². The van der Waals surface area contributed by atoms with Gasteiger partial charge in [-0.25, -0.2) is 0 Å². The third-order valence-electron chi connectivity index (χ3n) is 6.89. The predicted octanol–water partition coefficient (Wildman–Crippen LogP) is 5.80. The van der Waals surface area contributed by atoms with Gasteiger partial charge in [-0.2, -0.15) is 0 Å². The van der Waals surface area contributed by atoms with E-state index in [9.17, 15) is 0 Å². The van der Waals surface area contributed by atoms with E-state index in [0.29, 0.717) is 11.3 Å². The molecular weight excluding hydrogens is 272 g/mol. The maximum Gasteiger partial charge on any atom is 0.164 e. The molecule has 1 saturated carbocycles. The Morgan fingerprint density at radius 1 is 0.864 bits per heavy atom. The Morgan fingerprint density at radius 3 is 1.95 bits per heavy atom. The summed E-state index contributed by atoms with van der Waals surface area (Å²) in [5, 5.41) is 0. The third-order valence-corrected chi connectivity index (χ3v) is 6.89. The summed E-state index contributed by atoms with van der Waals surface area (Å²) in [6.07, 6.45) is 5.30. The summed E-state index contributed by atoms with van der Waals surface area (Å²) in [6, 6.07) is 0. The molecule has 2 rings (SSSR count). The van der Waals surface area contributed by atoms with Crippen LogP contribution in [0.1, 0.15) is 88.0 Å². The van der Waals surface area contributed by atoms with Crippen molar-refractivity contribution in [2.24, 2.45) is 22.7 Å². The molecule has 0 aromatic rings. The zero-order valence-electron chi connectivity index (χ0n) is 16.4. The molecule has 2 fully saturated rings. The minimum absolute atomic E-state index is 0.136. The van der Waals surface area contributed by atoms with E-state index in [4.69, 9.17) is 9.47 Å². The highest BCUT2D eigenvalue weighted by molar-refractivity contribution is 5.03. The number of hydrogen-bond donors (Lipinski definition) is 0. The molecule has 0 bridgehead atoms. The van der Waals surface area contributed by atoms with E-state index < -0.39 is 5.79 Å². The SMILES string of the molecule is CC1OC(C)(C)OC1(C)[C@@H]1CC(C)(C)[C@H](C)CCCC1(C)C. The molecule has 0 amide bonds. The van der Waals surface area contributed by atoms with Crippen LogP contribution in [-0.2, 0) is 9.47 Å². The Balaban J connectivity index is 2.39. The van der Waals surface area contributed by atoms with Gasteiger partial charge in [-0.3, -0.25) is 0 Å². The van der Waals surface area contributed by atoms with Crippen LogP contribution in [0.5, 0.6) is 0 Å². The van der Waals surface area contributed by atoms with Crippen LogP contribution in [0.3, 0.4) is 0 Å². The van der Waals surface area contributed by atoms with Crippen molar-refractivity contribution >= 4 is 0 Å². The third kappa shape index (κ3) is 3.24. The fourth-order valence-corrected chi connectivity index (χ4v) is 4.94. The summed E-state index contributed by atoms with van der Waals surface area (Å²) in [4.78, 5) is 0. The molecule has 2 heteroatoms. The standard InChI is InChI=1S/C20H38O2/c1-14-11-10-12-17(3,4)16(13-18(14,5)6)20(9)15(2)21-19(7,8)22-20/h14-16H,10-13H2,1-9H3/t14-,15?,16-,20?/m1/s1. The van der Waals surface area contributed by atoms with Gasteiger partial charge in [0.1, 0.15) is 0 Å². The molecule has 130 valence electrons. The maximum atomic E-state index is 6.53. The molecular formula is C20H38O2. The summed E-state index contributed by atoms with van der Waals surface area (Å²) in [5.74, 6) is 0.803. The number of hydrogen-bond acceptors (Lipinski definition) is 2. The normalized spacial score (nSPS) is 44.3. The van der Waals surface area contributed by atoms with Gasteiger partial charge in [-0.15, -0.1) is 0 Å². The van der Waals surface area contributed by atoms with Crippen LogP contribution in [0.15, 0.2) is 0 Å². The largest absolute Gasteiger partial charge is 0.345 e. The van der Waals surface area contributed by atoms with Gasteiger partial charge in [0.2, 0.25) is 0 Å². The van der Waals surface area contributed by atoms with Crippen molar-refractivity contribution < 1.29 is 9.47 Å². The highest BCUT2D eigenvalue weighted by Crippen LogP contribution is 2.55. The average molecular weight is 311 g/mol. The van der Waals surface area contributed by atoms with E-state index in [2.05, 4.69) is 62.3 Å². The van der Waals surface area contributed by atoms with E-state index in [0.717, 1.165) is 5.92 Å². The van der Waals surface area contributed by atoms with Gasteiger partial charge in [-0.05, 0) is 63.2 Å². The van der Waals surface area contributed by atoms with Gasteiger partial charge in [0.15, 0.2) is 5.79 Å². The number of rotatable bonds is 1. The number of ether oxygens (including phenoxy) is 2. The second-order valence-electron chi connectivity index (χ2n) is 9.97. The fourth-order valence-electron chi connectivity index (χ4n) is 4.94. The van der Waals surface area contributed by atoms with Crippen molar-refractivity contribution in [2.75, 3.05) is 0 Å². The van der Waals surface area contributed by atoms with Crippen LogP contribution in [-0.4, -0.2) is 17.5 Å². The average Bonchev–Trinajstić information content (AvgIpc) is 2.54. The van der Waals surface area contributed by atoms with Gasteiger partial charge in [0, 0.05) is 0 Å². The molecule has 1 aliphatic heterocycles. The van der Waals surface area contributed by atoms with Crippen LogP contribution in [0.25, 0.3) is 0 Å². The predicted molar refractivity (Wildman–Crippen MR) is 92.8 cm³/mol. The van der Waals surface area contributed by atoms with Crippen LogP contribution < -0.4 is 0 Å². The highest BCUT2D eigenvalue weighted by Gasteiger charge is 2.57. The highest BCUT2D eigenvalue weighted by atomic mass is 16.8. The minimum atomic E-state index is -0.470. The topological polar surface area (TPSA) is 18.5 Å². The lowest BCUT2D eigenvalue weighted by atomic mass is 9.57. The van der Waals surface area contributed by atoms with Crippen LogP contribution in [0, 0.1) is 22.7 Å². The van der Waals surface area contributed by atoms with Crippen molar-refractivity contribution in [3.63, 3.8) is 0 Å². The van der Waals surface area contributed by atoms with Gasteiger partial charge >= 0.3 is 0 Å². The monoisotopic (exact) mass is 310 g/mol. The van der Waals surface area contributed by atoms with Crippen LogP contribution in [0.2, 0.25) is 0 Å². The van der Waals surface area contributed by atoms with Crippen molar-refractivity contribution in [3.05, 3.63) is 0 Å². The van der Waals surface area contributed by atoms with Gasteiger partial charge < -0.3 is 9.47 Å². The Kier molecular flexibility index (Phi) is 4.55. The maximum absolute atomic E-state index is 6.53. The summed E-state index contributed by atoms with van der Waals surface area (Å²) in [7, 11) is 0. The summed E-state index contributed by atoms with van der Waals surface area (Å²) >= 11 is 0. The second kappa shape index (κ2) is 5.48. The first-order valence-corrected chi connectivity index (χ1v) is 9.18. The smallest absolute Gasteiger partial charge is 0.164 e. The summed E-state index contributed by atoms with van der Waals surface area (Å²) in [5.41, 5.74) is 0.423. The molecule has 22 heavy (non-hydrogen) atoms. The van der Waals surface area contributed by atoms with E-state index in [1.165, 1.54) is 25.7 Å². The molecule has 2 nitrogen and oxygen atoms in total. The Labute approximate surface area is 138 Å². The molecule has 0 spiro atoms. The lowest BCUT2D eigenvalue weighted by molar-refractivity contribution is -0.184. The fraction of sp³-hybridized carbons (Fsp3) is 1.00. The molecule has 1 heterocycles. The van der Waals surface area contributed by atoms with Gasteiger partial charge in [-0.1, -0.05) is 47.5 Å². The van der Waals surface area contributed by atoms with Crippen molar-refractivity contribution in [3.8, 4) is 0 Å². The zero-order chi connectivity index (χ0) is 17.0. The second-order valence-corrected chi connectivity index (χ2v) is 9.97. The quantitative estimate of drug-likeness (QED) is 0.610. The van der Waals surface area contributed by atoms with E-state index >= 15 is 0 Å².